The number of unbranched alkanes of at least 4 members (excludes halogenated alkanes) is 1. The van der Waals surface area contributed by atoms with Gasteiger partial charge in [-0.15, -0.1) is 0 Å². The van der Waals surface area contributed by atoms with Gasteiger partial charge in [0.15, 0.2) is 0 Å². The molecule has 0 atom stereocenters. The number of hydrogen-bond acceptors (Lipinski definition) is 4. The molecule has 0 unspecified atom stereocenters. The average Bonchev–Trinajstić information content (AvgIpc) is 1.84. The van der Waals surface area contributed by atoms with Crippen molar-refractivity contribution >= 4 is 10.1 Å². The van der Waals surface area contributed by atoms with Crippen LogP contribution in [0.5, 0.6) is 0 Å². The van der Waals surface area contributed by atoms with E-state index in [0.29, 0.717) is 12.8 Å². The van der Waals surface area contributed by atoms with Crippen LogP contribution < -0.4 is 0 Å². The molecule has 5 heteroatoms. The van der Waals surface area contributed by atoms with Crippen molar-refractivity contribution in [1.29, 1.82) is 0 Å². The van der Waals surface area contributed by atoms with Gasteiger partial charge in [0.25, 0.3) is 10.1 Å². The maximum absolute atomic E-state index is 11.0. The van der Waals surface area contributed by atoms with Gasteiger partial charge in [-0.25, -0.2) is 0 Å². The minimum absolute atomic E-state index is 0.00819. The Balaban J connectivity index is 3.73. The molecule has 1 N–H and O–H groups in total. The highest BCUT2D eigenvalue weighted by atomic mass is 32.2. The van der Waals surface area contributed by atoms with Gasteiger partial charge in [-0.1, -0.05) is 0 Å². The monoisotopic (exact) mass is 196 g/mol. The fourth-order valence-electron chi connectivity index (χ4n) is 0.732. The minimum atomic E-state index is -3.36. The second kappa shape index (κ2) is 5.50. The SMILES string of the molecule is CC(C)OS(=O)(=O)CCCCO. The molecule has 0 aliphatic rings. The van der Waals surface area contributed by atoms with Crippen molar-refractivity contribution in [3.05, 3.63) is 0 Å². The highest BCUT2D eigenvalue weighted by Crippen LogP contribution is 2.02. The molecular formula is C7H16O4S. The fraction of sp³-hybridized carbons (Fsp3) is 1.00. The molecule has 0 aliphatic carbocycles. The highest BCUT2D eigenvalue weighted by Gasteiger charge is 2.12. The van der Waals surface area contributed by atoms with E-state index in [4.69, 9.17) is 5.11 Å². The molecule has 0 bridgehead atoms. The van der Waals surface area contributed by atoms with Crippen LogP contribution in [0.15, 0.2) is 0 Å². The summed E-state index contributed by atoms with van der Waals surface area (Å²) in [4.78, 5) is 0. The van der Waals surface area contributed by atoms with Crippen LogP contribution in [-0.4, -0.2) is 32.0 Å². The molecule has 74 valence electrons. The molecule has 4 nitrogen and oxygen atoms in total. The van der Waals surface area contributed by atoms with Crippen LogP contribution >= 0.6 is 0 Å². The summed E-state index contributed by atoms with van der Waals surface area (Å²) in [6, 6.07) is 0. The van der Waals surface area contributed by atoms with Crippen LogP contribution in [0.4, 0.5) is 0 Å². The van der Waals surface area contributed by atoms with Gasteiger partial charge in [-0.05, 0) is 26.7 Å². The van der Waals surface area contributed by atoms with Crippen molar-refractivity contribution in [3.8, 4) is 0 Å². The second-order valence-corrected chi connectivity index (χ2v) is 4.55. The van der Waals surface area contributed by atoms with Gasteiger partial charge in [0.2, 0.25) is 0 Å². The van der Waals surface area contributed by atoms with Crippen molar-refractivity contribution < 1.29 is 17.7 Å². The Morgan fingerprint density at radius 3 is 2.33 bits per heavy atom. The zero-order valence-electron chi connectivity index (χ0n) is 7.49. The molecule has 0 amide bonds. The number of aliphatic hydroxyl groups is 1. The van der Waals surface area contributed by atoms with E-state index in [-0.39, 0.29) is 18.5 Å². The van der Waals surface area contributed by atoms with E-state index < -0.39 is 10.1 Å². The van der Waals surface area contributed by atoms with Crippen LogP contribution in [0.2, 0.25) is 0 Å². The van der Waals surface area contributed by atoms with Crippen LogP contribution in [0.25, 0.3) is 0 Å². The van der Waals surface area contributed by atoms with E-state index in [1.165, 1.54) is 0 Å². The van der Waals surface area contributed by atoms with Gasteiger partial charge in [0.1, 0.15) is 0 Å². The molecule has 0 heterocycles. The molecule has 0 saturated heterocycles. The van der Waals surface area contributed by atoms with Gasteiger partial charge < -0.3 is 5.11 Å². The first kappa shape index (κ1) is 11.9. The minimum Gasteiger partial charge on any atom is -0.396 e. The van der Waals surface area contributed by atoms with E-state index in [9.17, 15) is 8.42 Å². The summed E-state index contributed by atoms with van der Waals surface area (Å²) in [5, 5.41) is 8.41. The Morgan fingerprint density at radius 1 is 1.33 bits per heavy atom. The van der Waals surface area contributed by atoms with Gasteiger partial charge >= 0.3 is 0 Å². The van der Waals surface area contributed by atoms with Gasteiger partial charge in [0.05, 0.1) is 11.9 Å². The summed E-state index contributed by atoms with van der Waals surface area (Å²) in [5.41, 5.74) is 0. The van der Waals surface area contributed by atoms with Gasteiger partial charge in [-0.2, -0.15) is 8.42 Å². The summed E-state index contributed by atoms with van der Waals surface area (Å²) >= 11 is 0. The van der Waals surface area contributed by atoms with Crippen molar-refractivity contribution in [2.75, 3.05) is 12.4 Å². The van der Waals surface area contributed by atoms with Crippen LogP contribution in [0.1, 0.15) is 26.7 Å². The molecule has 0 radical (unpaired) electrons. The van der Waals surface area contributed by atoms with Crippen LogP contribution in [-0.2, 0) is 14.3 Å². The maximum Gasteiger partial charge on any atom is 0.267 e. The smallest absolute Gasteiger partial charge is 0.267 e. The molecule has 0 fully saturated rings. The Bertz CT molecular complexity index is 195. The third kappa shape index (κ3) is 6.57. The Kier molecular flexibility index (Phi) is 5.44. The average molecular weight is 196 g/mol. The molecular weight excluding hydrogens is 180 g/mol. The maximum atomic E-state index is 11.0. The van der Waals surface area contributed by atoms with E-state index in [1.54, 1.807) is 13.8 Å². The first-order chi connectivity index (χ1) is 5.48. The molecule has 0 rings (SSSR count). The lowest BCUT2D eigenvalue weighted by Gasteiger charge is -2.07. The summed E-state index contributed by atoms with van der Waals surface area (Å²) < 4.78 is 26.7. The normalized spacial score (nSPS) is 12.3. The first-order valence-corrected chi connectivity index (χ1v) is 5.57. The Hall–Kier alpha value is -0.130. The highest BCUT2D eigenvalue weighted by molar-refractivity contribution is 7.86. The van der Waals surface area contributed by atoms with E-state index in [0.717, 1.165) is 0 Å². The Morgan fingerprint density at radius 2 is 1.92 bits per heavy atom. The zero-order chi connectivity index (χ0) is 9.61. The van der Waals surface area contributed by atoms with Crippen molar-refractivity contribution in [2.45, 2.75) is 32.8 Å². The summed E-state index contributed by atoms with van der Waals surface area (Å²) in [6.45, 7) is 3.37. The quantitative estimate of drug-likeness (QED) is 0.496. The zero-order valence-corrected chi connectivity index (χ0v) is 8.30. The lowest BCUT2D eigenvalue weighted by Crippen LogP contribution is -2.15. The summed E-state index contributed by atoms with van der Waals surface area (Å²) in [5.74, 6) is -0.00819. The largest absolute Gasteiger partial charge is 0.396 e. The lowest BCUT2D eigenvalue weighted by molar-refractivity contribution is 0.247. The molecule has 0 aromatic rings. The number of aliphatic hydroxyl groups excluding tert-OH is 1. The predicted octanol–water partition coefficient (Wildman–Crippen LogP) is 0.514. The fourth-order valence-corrected chi connectivity index (χ4v) is 1.97. The standard InChI is InChI=1S/C7H16O4S/c1-7(2)11-12(9,10)6-4-3-5-8/h7-8H,3-6H2,1-2H3. The van der Waals surface area contributed by atoms with E-state index in [1.807, 2.05) is 0 Å². The van der Waals surface area contributed by atoms with Gasteiger partial charge in [-0.3, -0.25) is 4.18 Å². The van der Waals surface area contributed by atoms with Gasteiger partial charge in [0, 0.05) is 6.61 Å². The van der Waals surface area contributed by atoms with Crippen molar-refractivity contribution in [2.24, 2.45) is 0 Å². The molecule has 0 spiro atoms. The third-order valence-electron chi connectivity index (χ3n) is 1.14. The van der Waals surface area contributed by atoms with Crippen molar-refractivity contribution in [1.82, 2.24) is 0 Å². The molecule has 0 aromatic heterocycles. The predicted molar refractivity (Wildman–Crippen MR) is 46.3 cm³/mol. The third-order valence-corrected chi connectivity index (χ3v) is 2.61. The van der Waals surface area contributed by atoms with Crippen LogP contribution in [0, 0.1) is 0 Å². The summed E-state index contributed by atoms with van der Waals surface area (Å²) in [6.07, 6.45) is 0.649. The first-order valence-electron chi connectivity index (χ1n) is 4.00. The van der Waals surface area contributed by atoms with E-state index in [2.05, 4.69) is 4.18 Å². The lowest BCUT2D eigenvalue weighted by atomic mass is 10.4. The van der Waals surface area contributed by atoms with Crippen molar-refractivity contribution in [3.63, 3.8) is 0 Å². The molecule has 0 aliphatic heterocycles. The molecule has 0 saturated carbocycles. The number of hydrogen-bond donors (Lipinski definition) is 1. The number of rotatable bonds is 6. The Labute approximate surface area is 73.7 Å². The topological polar surface area (TPSA) is 63.6 Å². The molecule has 0 aromatic carbocycles. The molecule has 12 heavy (non-hydrogen) atoms. The summed E-state index contributed by atoms with van der Waals surface area (Å²) in [7, 11) is -3.36. The van der Waals surface area contributed by atoms with Crippen LogP contribution in [0.3, 0.4) is 0 Å². The van der Waals surface area contributed by atoms with E-state index >= 15 is 0 Å². The second-order valence-electron chi connectivity index (χ2n) is 2.84.